The molecule has 7 nitrogen and oxygen atoms in total. The number of amides is 3. The first kappa shape index (κ1) is 18.9. The van der Waals surface area contributed by atoms with Crippen molar-refractivity contribution in [1.29, 1.82) is 0 Å². The molecule has 1 saturated heterocycles. The summed E-state index contributed by atoms with van der Waals surface area (Å²) >= 11 is 6.59. The van der Waals surface area contributed by atoms with Crippen LogP contribution in [0.5, 0.6) is 0 Å². The van der Waals surface area contributed by atoms with Crippen LogP contribution in [0.2, 0.25) is 5.02 Å². The van der Waals surface area contributed by atoms with Crippen molar-refractivity contribution in [2.45, 2.75) is 11.7 Å². The van der Waals surface area contributed by atoms with Gasteiger partial charge in [0.15, 0.2) is 0 Å². The highest BCUT2D eigenvalue weighted by Crippen LogP contribution is 2.34. The lowest BCUT2D eigenvalue weighted by molar-refractivity contribution is -0.121. The van der Waals surface area contributed by atoms with Gasteiger partial charge < -0.3 is 10.4 Å². The minimum Gasteiger partial charge on any atom is -0.478 e. The van der Waals surface area contributed by atoms with Crippen molar-refractivity contribution in [3.63, 3.8) is 0 Å². The van der Waals surface area contributed by atoms with Crippen molar-refractivity contribution < 1.29 is 24.3 Å². The standard InChI is InChI=1S/C18H13ClN2O5S/c19-11-4-6-13(7-5-11)21-16(23)14(27-18(21)26)9-15(22)20-12-3-1-2-10(8-12)17(24)25/h1-8,14H,9H2,(H,20,22)(H,24,25). The lowest BCUT2D eigenvalue weighted by atomic mass is 10.2. The van der Waals surface area contributed by atoms with Crippen molar-refractivity contribution in [3.8, 4) is 0 Å². The number of anilines is 2. The number of aromatic carboxylic acids is 1. The quantitative estimate of drug-likeness (QED) is 0.788. The molecule has 1 heterocycles. The molecule has 138 valence electrons. The second-order valence-corrected chi connectivity index (χ2v) is 7.25. The summed E-state index contributed by atoms with van der Waals surface area (Å²) in [6.07, 6.45) is -0.212. The summed E-state index contributed by atoms with van der Waals surface area (Å²) in [7, 11) is 0. The fourth-order valence-corrected chi connectivity index (χ4v) is 3.63. The third-order valence-corrected chi connectivity index (χ3v) is 5.06. The van der Waals surface area contributed by atoms with Crippen molar-refractivity contribution >= 4 is 57.8 Å². The Balaban J connectivity index is 1.67. The van der Waals surface area contributed by atoms with E-state index in [1.807, 2.05) is 0 Å². The maximum absolute atomic E-state index is 12.5. The summed E-state index contributed by atoms with van der Waals surface area (Å²) in [4.78, 5) is 48.9. The Morgan fingerprint density at radius 3 is 2.52 bits per heavy atom. The molecule has 0 aromatic heterocycles. The van der Waals surface area contributed by atoms with Gasteiger partial charge in [-0.1, -0.05) is 17.7 Å². The number of benzene rings is 2. The van der Waals surface area contributed by atoms with Crippen LogP contribution in [-0.4, -0.2) is 33.4 Å². The average Bonchev–Trinajstić information content (AvgIpc) is 2.89. The van der Waals surface area contributed by atoms with E-state index < -0.39 is 28.3 Å². The molecule has 1 unspecified atom stereocenters. The van der Waals surface area contributed by atoms with E-state index in [2.05, 4.69) is 5.32 Å². The lowest BCUT2D eigenvalue weighted by Crippen LogP contribution is -2.32. The second-order valence-electron chi connectivity index (χ2n) is 5.66. The van der Waals surface area contributed by atoms with Gasteiger partial charge >= 0.3 is 5.97 Å². The lowest BCUT2D eigenvalue weighted by Gasteiger charge is -2.14. The van der Waals surface area contributed by atoms with Crippen molar-refractivity contribution in [2.24, 2.45) is 0 Å². The monoisotopic (exact) mass is 404 g/mol. The van der Waals surface area contributed by atoms with Crippen LogP contribution < -0.4 is 10.2 Å². The Kier molecular flexibility index (Phi) is 5.48. The zero-order valence-corrected chi connectivity index (χ0v) is 15.3. The summed E-state index contributed by atoms with van der Waals surface area (Å²) in [5.41, 5.74) is 0.721. The Hall–Kier alpha value is -2.84. The highest BCUT2D eigenvalue weighted by atomic mass is 35.5. The van der Waals surface area contributed by atoms with Crippen LogP contribution in [0.4, 0.5) is 16.2 Å². The van der Waals surface area contributed by atoms with E-state index in [1.54, 1.807) is 30.3 Å². The van der Waals surface area contributed by atoms with Gasteiger partial charge in [0, 0.05) is 17.1 Å². The Labute approximate surface area is 163 Å². The number of carboxylic acid groups (broad SMARTS) is 1. The molecule has 9 heteroatoms. The van der Waals surface area contributed by atoms with E-state index in [0.717, 1.165) is 16.7 Å². The number of carbonyl (C=O) groups excluding carboxylic acids is 3. The van der Waals surface area contributed by atoms with Gasteiger partial charge in [-0.2, -0.15) is 0 Å². The molecule has 3 rings (SSSR count). The summed E-state index contributed by atoms with van der Waals surface area (Å²) < 4.78 is 0. The van der Waals surface area contributed by atoms with Crippen LogP contribution in [0.3, 0.4) is 0 Å². The number of rotatable bonds is 5. The molecule has 1 fully saturated rings. The molecule has 3 amide bonds. The minimum absolute atomic E-state index is 0.0307. The molecular formula is C18H13ClN2O5S. The van der Waals surface area contributed by atoms with Gasteiger partial charge in [-0.25, -0.2) is 9.69 Å². The van der Waals surface area contributed by atoms with Crippen LogP contribution >= 0.6 is 23.4 Å². The number of nitrogens with one attached hydrogen (secondary N) is 1. The highest BCUT2D eigenvalue weighted by Gasteiger charge is 2.41. The van der Waals surface area contributed by atoms with E-state index in [4.69, 9.17) is 16.7 Å². The Morgan fingerprint density at radius 2 is 1.85 bits per heavy atom. The van der Waals surface area contributed by atoms with E-state index in [0.29, 0.717) is 16.4 Å². The number of carbonyl (C=O) groups is 4. The third-order valence-electron chi connectivity index (χ3n) is 3.77. The van der Waals surface area contributed by atoms with Crippen LogP contribution in [0, 0.1) is 0 Å². The fraction of sp³-hybridized carbons (Fsp3) is 0.111. The van der Waals surface area contributed by atoms with Gasteiger partial charge in [-0.05, 0) is 54.2 Å². The van der Waals surface area contributed by atoms with Crippen LogP contribution in [-0.2, 0) is 9.59 Å². The Bertz CT molecular complexity index is 932. The highest BCUT2D eigenvalue weighted by molar-refractivity contribution is 8.15. The number of hydrogen-bond acceptors (Lipinski definition) is 5. The second kappa shape index (κ2) is 7.81. The number of halogens is 1. The maximum Gasteiger partial charge on any atom is 0.335 e. The first-order chi connectivity index (χ1) is 12.8. The smallest absolute Gasteiger partial charge is 0.335 e. The molecule has 27 heavy (non-hydrogen) atoms. The number of nitrogens with zero attached hydrogens (tertiary/aromatic N) is 1. The Morgan fingerprint density at radius 1 is 1.15 bits per heavy atom. The topological polar surface area (TPSA) is 104 Å². The van der Waals surface area contributed by atoms with Crippen molar-refractivity contribution in [1.82, 2.24) is 0 Å². The van der Waals surface area contributed by atoms with E-state index >= 15 is 0 Å². The third kappa shape index (κ3) is 4.29. The molecule has 2 aromatic carbocycles. The van der Waals surface area contributed by atoms with E-state index in [-0.39, 0.29) is 12.0 Å². The first-order valence-electron chi connectivity index (χ1n) is 7.78. The molecule has 1 aliphatic rings. The first-order valence-corrected chi connectivity index (χ1v) is 9.04. The minimum atomic E-state index is -1.11. The van der Waals surface area contributed by atoms with E-state index in [9.17, 15) is 19.2 Å². The van der Waals surface area contributed by atoms with Crippen molar-refractivity contribution in [2.75, 3.05) is 10.2 Å². The van der Waals surface area contributed by atoms with Crippen LogP contribution in [0.15, 0.2) is 48.5 Å². The van der Waals surface area contributed by atoms with Gasteiger partial charge in [0.05, 0.1) is 11.3 Å². The van der Waals surface area contributed by atoms with Gasteiger partial charge in [0.1, 0.15) is 5.25 Å². The van der Waals surface area contributed by atoms with Crippen LogP contribution in [0.1, 0.15) is 16.8 Å². The fourth-order valence-electron chi connectivity index (χ4n) is 2.52. The molecule has 1 atom stereocenters. The molecule has 0 bridgehead atoms. The predicted octanol–water partition coefficient (Wildman–Crippen LogP) is 3.64. The molecule has 1 aliphatic heterocycles. The van der Waals surface area contributed by atoms with Gasteiger partial charge in [-0.15, -0.1) is 0 Å². The molecule has 0 spiro atoms. The molecule has 0 radical (unpaired) electrons. The van der Waals surface area contributed by atoms with Gasteiger partial charge in [-0.3, -0.25) is 14.4 Å². The van der Waals surface area contributed by atoms with Gasteiger partial charge in [0.25, 0.3) is 5.24 Å². The molecule has 0 aliphatic carbocycles. The molecule has 0 saturated carbocycles. The summed E-state index contributed by atoms with van der Waals surface area (Å²) in [5, 5.41) is 10.7. The van der Waals surface area contributed by atoms with E-state index in [1.165, 1.54) is 18.2 Å². The number of imide groups is 1. The SMILES string of the molecule is O=C(CC1SC(=O)N(c2ccc(Cl)cc2)C1=O)Nc1cccc(C(=O)O)c1. The number of carboxylic acids is 1. The molecule has 2 aromatic rings. The largest absolute Gasteiger partial charge is 0.478 e. The number of hydrogen-bond donors (Lipinski definition) is 2. The molecule has 2 N–H and O–H groups in total. The summed E-state index contributed by atoms with van der Waals surface area (Å²) in [5.74, 6) is -2.09. The van der Waals surface area contributed by atoms with Crippen LogP contribution in [0.25, 0.3) is 0 Å². The summed E-state index contributed by atoms with van der Waals surface area (Å²) in [6.45, 7) is 0. The van der Waals surface area contributed by atoms with Crippen molar-refractivity contribution in [3.05, 3.63) is 59.1 Å². The average molecular weight is 405 g/mol. The summed E-state index contributed by atoms with van der Waals surface area (Å²) in [6, 6.07) is 12.0. The maximum atomic E-state index is 12.5. The predicted molar refractivity (Wildman–Crippen MR) is 102 cm³/mol. The zero-order valence-electron chi connectivity index (χ0n) is 13.7. The normalized spacial score (nSPS) is 16.5. The number of thioether (sulfide) groups is 1. The zero-order chi connectivity index (χ0) is 19.6. The van der Waals surface area contributed by atoms with Gasteiger partial charge in [0.2, 0.25) is 11.8 Å². The molecular weight excluding hydrogens is 392 g/mol.